The number of amides is 2. The molecule has 0 bridgehead atoms. The molecule has 0 unspecified atom stereocenters. The Morgan fingerprint density at radius 1 is 1.10 bits per heavy atom. The Hall–Kier alpha value is -3.64. The van der Waals surface area contributed by atoms with Gasteiger partial charge in [0, 0.05) is 50.2 Å². The van der Waals surface area contributed by atoms with Gasteiger partial charge >= 0.3 is 11.9 Å². The number of nitrogens with zero attached hydrogens (tertiary/aromatic N) is 3. The van der Waals surface area contributed by atoms with Crippen molar-refractivity contribution in [3.8, 4) is 0 Å². The smallest absolute Gasteiger partial charge is 0.309 e. The van der Waals surface area contributed by atoms with E-state index in [1.165, 1.54) is 23.8 Å². The lowest BCUT2D eigenvalue weighted by atomic mass is 9.83. The van der Waals surface area contributed by atoms with Crippen molar-refractivity contribution in [2.75, 3.05) is 20.6 Å². The number of piperidine rings is 1. The third-order valence-corrected chi connectivity index (χ3v) is 11.0. The van der Waals surface area contributed by atoms with Crippen LogP contribution in [0.2, 0.25) is 0 Å². The zero-order valence-electron chi connectivity index (χ0n) is 31.9. The summed E-state index contributed by atoms with van der Waals surface area (Å²) in [5, 5.41) is 14.9. The van der Waals surface area contributed by atoms with Crippen LogP contribution in [0.15, 0.2) is 29.6 Å². The molecule has 1 aromatic heterocycles. The fourth-order valence-electron chi connectivity index (χ4n) is 6.89. The summed E-state index contributed by atoms with van der Waals surface area (Å²) in [5.74, 6) is -2.52. The molecule has 0 spiro atoms. The number of carboxylic acids is 1. The average Bonchev–Trinajstić information content (AvgIpc) is 3.56. The third-order valence-electron chi connectivity index (χ3n) is 10.1. The van der Waals surface area contributed by atoms with E-state index in [9.17, 15) is 29.1 Å². The number of ether oxygens (including phenoxy) is 1. The molecule has 2 aromatic rings. The SMILES string of the molecule is CCc1ccc(C[C@@H](CC(C)(C)C(=O)O)NC(=O)c2csc([C@@H](C[C@H](C(C)C)N(C)C(=O)[C@H](C)CC(=O)[C@H]3CCCCN3C)OC(C)=O)n2)cc1. The first kappa shape index (κ1) is 41.8. The average molecular weight is 727 g/mol. The number of benzene rings is 1. The van der Waals surface area contributed by atoms with Crippen molar-refractivity contribution in [2.45, 2.75) is 124 Å². The molecule has 2 amide bonds. The third kappa shape index (κ3) is 12.0. The van der Waals surface area contributed by atoms with Crippen molar-refractivity contribution < 1.29 is 33.8 Å². The number of carbonyl (C=O) groups excluding carboxylic acids is 4. The van der Waals surface area contributed by atoms with Crippen molar-refractivity contribution in [1.82, 2.24) is 20.1 Å². The quantitative estimate of drug-likeness (QED) is 0.174. The van der Waals surface area contributed by atoms with E-state index in [2.05, 4.69) is 22.1 Å². The van der Waals surface area contributed by atoms with E-state index < -0.39 is 41.3 Å². The molecular weight excluding hydrogens is 669 g/mol. The van der Waals surface area contributed by atoms with Gasteiger partial charge in [-0.1, -0.05) is 58.4 Å². The number of thiazole rings is 1. The Labute approximate surface area is 307 Å². The predicted molar refractivity (Wildman–Crippen MR) is 199 cm³/mol. The van der Waals surface area contributed by atoms with Crippen molar-refractivity contribution >= 4 is 40.9 Å². The van der Waals surface area contributed by atoms with E-state index in [4.69, 9.17) is 4.74 Å². The van der Waals surface area contributed by atoms with Gasteiger partial charge in [-0.3, -0.25) is 28.9 Å². The van der Waals surface area contributed by atoms with Gasteiger partial charge in [0.15, 0.2) is 11.9 Å². The summed E-state index contributed by atoms with van der Waals surface area (Å²) < 4.78 is 5.74. The van der Waals surface area contributed by atoms with Gasteiger partial charge in [0.2, 0.25) is 5.91 Å². The molecule has 51 heavy (non-hydrogen) atoms. The number of hydrogen-bond donors (Lipinski definition) is 2. The summed E-state index contributed by atoms with van der Waals surface area (Å²) in [6, 6.07) is 7.07. The number of aliphatic carboxylic acids is 1. The number of carboxylic acid groups (broad SMARTS) is 1. The topological polar surface area (TPSA) is 146 Å². The van der Waals surface area contributed by atoms with Gasteiger partial charge in [-0.2, -0.15) is 0 Å². The van der Waals surface area contributed by atoms with Crippen LogP contribution >= 0.6 is 11.3 Å². The molecule has 1 aliphatic rings. The van der Waals surface area contributed by atoms with Gasteiger partial charge in [0.25, 0.3) is 5.91 Å². The lowest BCUT2D eigenvalue weighted by molar-refractivity contribution is -0.149. The van der Waals surface area contributed by atoms with Crippen LogP contribution in [0.25, 0.3) is 0 Å². The highest BCUT2D eigenvalue weighted by atomic mass is 32.1. The molecule has 1 aromatic carbocycles. The highest BCUT2D eigenvalue weighted by molar-refractivity contribution is 7.09. The van der Waals surface area contributed by atoms with Gasteiger partial charge in [0.1, 0.15) is 10.7 Å². The fourth-order valence-corrected chi connectivity index (χ4v) is 7.73. The lowest BCUT2D eigenvalue weighted by Gasteiger charge is -2.35. The number of aryl methyl sites for hydroxylation is 1. The van der Waals surface area contributed by atoms with E-state index >= 15 is 0 Å². The number of rotatable bonds is 18. The normalized spacial score (nSPS) is 17.6. The first-order valence-electron chi connectivity index (χ1n) is 18.2. The second-order valence-electron chi connectivity index (χ2n) is 15.2. The Kier molecular flexibility index (Phi) is 15.3. The van der Waals surface area contributed by atoms with Crippen LogP contribution in [-0.4, -0.2) is 88.2 Å². The number of nitrogens with one attached hydrogen (secondary N) is 1. The summed E-state index contributed by atoms with van der Waals surface area (Å²) in [5.41, 5.74) is 1.22. The minimum absolute atomic E-state index is 0.0168. The number of Topliss-reactive ketones (excluding diaryl/α,β-unsaturated/α-hetero) is 1. The molecule has 5 atom stereocenters. The van der Waals surface area contributed by atoms with Gasteiger partial charge < -0.3 is 20.1 Å². The molecule has 2 heterocycles. The Bertz CT molecular complexity index is 1500. The van der Waals surface area contributed by atoms with E-state index in [-0.39, 0.29) is 54.6 Å². The van der Waals surface area contributed by atoms with Crippen LogP contribution in [-0.2, 0) is 36.8 Å². The van der Waals surface area contributed by atoms with E-state index in [0.29, 0.717) is 11.4 Å². The standard InChI is InChI=1S/C39H58N4O7S/c1-10-27-14-16-28(17-15-27)20-29(22-39(6,7)38(48)49)40-35(46)30-23-51-36(41-30)34(50-26(5)44)21-32(24(2)3)43(9)37(47)25(4)19-33(45)31-13-11-12-18-42(31)8/h14-17,23-25,29,31-32,34H,10-13,18-22H2,1-9H3,(H,40,46)(H,48,49)/t25-,29+,31-,32-,34-/m1/s1. The summed E-state index contributed by atoms with van der Waals surface area (Å²) >= 11 is 1.19. The van der Waals surface area contributed by atoms with Crippen LogP contribution in [0.1, 0.15) is 120 Å². The monoisotopic (exact) mass is 726 g/mol. The van der Waals surface area contributed by atoms with E-state index in [1.54, 1.807) is 38.1 Å². The summed E-state index contributed by atoms with van der Waals surface area (Å²) in [6.07, 6.45) is 4.03. The molecule has 0 aliphatic carbocycles. The van der Waals surface area contributed by atoms with Crippen LogP contribution in [0.3, 0.4) is 0 Å². The molecule has 282 valence electrons. The molecule has 2 N–H and O–H groups in total. The Balaban J connectivity index is 1.77. The van der Waals surface area contributed by atoms with E-state index in [1.807, 2.05) is 45.2 Å². The van der Waals surface area contributed by atoms with Gasteiger partial charge in [-0.05, 0) is 76.6 Å². The number of aromatic nitrogens is 1. The maximum absolute atomic E-state index is 13.7. The first-order valence-corrected chi connectivity index (χ1v) is 19.1. The Morgan fingerprint density at radius 2 is 1.75 bits per heavy atom. The van der Waals surface area contributed by atoms with Crippen molar-refractivity contribution in [2.24, 2.45) is 17.3 Å². The molecule has 3 rings (SSSR count). The van der Waals surface area contributed by atoms with E-state index in [0.717, 1.165) is 37.8 Å². The van der Waals surface area contributed by atoms with Crippen molar-refractivity contribution in [3.63, 3.8) is 0 Å². The molecule has 12 heteroatoms. The van der Waals surface area contributed by atoms with Crippen LogP contribution in [0, 0.1) is 17.3 Å². The largest absolute Gasteiger partial charge is 0.481 e. The zero-order valence-corrected chi connectivity index (χ0v) is 32.7. The second kappa shape index (κ2) is 18.7. The molecule has 1 aliphatic heterocycles. The first-order chi connectivity index (χ1) is 23.9. The van der Waals surface area contributed by atoms with Gasteiger partial charge in [0.05, 0.1) is 11.5 Å². The minimum Gasteiger partial charge on any atom is -0.481 e. The van der Waals surface area contributed by atoms with Gasteiger partial charge in [-0.25, -0.2) is 4.98 Å². The molecule has 1 fully saturated rings. The number of hydrogen-bond acceptors (Lipinski definition) is 9. The summed E-state index contributed by atoms with van der Waals surface area (Å²) in [7, 11) is 3.68. The molecule has 0 radical (unpaired) electrons. The van der Waals surface area contributed by atoms with Crippen molar-refractivity contribution in [1.29, 1.82) is 0 Å². The second-order valence-corrected chi connectivity index (χ2v) is 16.1. The number of carbonyl (C=O) groups is 5. The highest BCUT2D eigenvalue weighted by Crippen LogP contribution is 2.32. The van der Waals surface area contributed by atoms with Crippen molar-refractivity contribution in [3.05, 3.63) is 51.5 Å². The molecule has 0 saturated carbocycles. The summed E-state index contributed by atoms with van der Waals surface area (Å²) in [4.78, 5) is 73.0. The number of likely N-dealkylation sites (N-methyl/N-ethyl adjacent to an activating group) is 1. The minimum atomic E-state index is -1.08. The maximum Gasteiger partial charge on any atom is 0.309 e. The fraction of sp³-hybridized carbons (Fsp3) is 0.641. The van der Waals surface area contributed by atoms with Crippen LogP contribution < -0.4 is 5.32 Å². The zero-order chi connectivity index (χ0) is 38.0. The number of ketones is 1. The summed E-state index contributed by atoms with van der Waals surface area (Å²) in [6.45, 7) is 13.3. The highest BCUT2D eigenvalue weighted by Gasteiger charge is 2.35. The number of likely N-dealkylation sites (tertiary alicyclic amines) is 1. The Morgan fingerprint density at radius 3 is 2.31 bits per heavy atom. The molecular formula is C39H58N4O7S. The van der Waals surface area contributed by atoms with Crippen LogP contribution in [0.4, 0.5) is 0 Å². The lowest BCUT2D eigenvalue weighted by Crippen LogP contribution is -2.46. The maximum atomic E-state index is 13.7. The molecule has 1 saturated heterocycles. The molecule has 11 nitrogen and oxygen atoms in total. The number of esters is 1. The predicted octanol–water partition coefficient (Wildman–Crippen LogP) is 6.10. The van der Waals surface area contributed by atoms with Gasteiger partial charge in [-0.15, -0.1) is 11.3 Å². The van der Waals surface area contributed by atoms with Crippen LogP contribution in [0.5, 0.6) is 0 Å².